The lowest BCUT2D eigenvalue weighted by atomic mass is 10.4. The minimum absolute atomic E-state index is 0.307. The van der Waals surface area contributed by atoms with Crippen LogP contribution in [0, 0.1) is 0 Å². The Morgan fingerprint density at radius 1 is 1.40 bits per heavy atom. The molecule has 0 rings (SSSR count). The molecule has 3 nitrogen and oxygen atoms in total. The van der Waals surface area contributed by atoms with Gasteiger partial charge in [0.05, 0.1) is 0 Å². The quantitative estimate of drug-likeness (QED) is 0.534. The molecule has 0 amide bonds. The summed E-state index contributed by atoms with van der Waals surface area (Å²) in [6.07, 6.45) is 0.991. The van der Waals surface area contributed by atoms with Gasteiger partial charge in [-0.2, -0.15) is 0 Å². The molecule has 0 heterocycles. The van der Waals surface area contributed by atoms with Gasteiger partial charge in [0.15, 0.2) is 8.32 Å². The Bertz CT molecular complexity index is 233. The summed E-state index contributed by atoms with van der Waals surface area (Å²) in [6.45, 7) is 13.6. The van der Waals surface area contributed by atoms with Crippen molar-refractivity contribution in [3.8, 4) is 0 Å². The maximum absolute atomic E-state index is 11.4. The summed E-state index contributed by atoms with van der Waals surface area (Å²) in [6, 6.07) is 0.878. The molecule has 0 N–H and O–H groups in total. The topological polar surface area (TPSA) is 35.5 Å². The summed E-state index contributed by atoms with van der Waals surface area (Å²) < 4.78 is 11.2. The van der Waals surface area contributed by atoms with Gasteiger partial charge in [-0.1, -0.05) is 19.9 Å². The first-order valence-electron chi connectivity index (χ1n) is 5.30. The van der Waals surface area contributed by atoms with E-state index in [1.165, 1.54) is 0 Å². The zero-order valence-electron chi connectivity index (χ0n) is 10.4. The molecule has 0 aromatic carbocycles. The minimum Gasteiger partial charge on any atom is -0.494 e. The van der Waals surface area contributed by atoms with E-state index in [1.54, 1.807) is 6.92 Å². The smallest absolute Gasteiger partial charge is 0.375 e. The molecule has 0 aromatic heterocycles. The van der Waals surface area contributed by atoms with E-state index in [0.29, 0.717) is 5.57 Å². The van der Waals surface area contributed by atoms with Crippen LogP contribution in [0.15, 0.2) is 12.2 Å². The fourth-order valence-corrected chi connectivity index (χ4v) is 5.84. The van der Waals surface area contributed by atoms with Crippen molar-refractivity contribution in [3.05, 3.63) is 12.2 Å². The molecule has 1 atom stereocenters. The molecule has 0 bridgehead atoms. The third kappa shape index (κ3) is 7.52. The van der Waals surface area contributed by atoms with Gasteiger partial charge in [0, 0.05) is 5.57 Å². The standard InChI is InChI=1S/C10H22O3Si2/c1-7-8-14(13-15(4,5)6)12-10(11)9(2)3/h14H,2,7-8H2,1,3-6H3. The van der Waals surface area contributed by atoms with E-state index in [2.05, 4.69) is 33.1 Å². The summed E-state index contributed by atoms with van der Waals surface area (Å²) in [7, 11) is -3.43. The maximum Gasteiger partial charge on any atom is 0.375 e. The zero-order valence-corrected chi connectivity index (χ0v) is 12.6. The lowest BCUT2D eigenvalue weighted by Gasteiger charge is -2.24. The number of hydrogen-bond donors (Lipinski definition) is 0. The van der Waals surface area contributed by atoms with E-state index in [1.807, 2.05) is 0 Å². The van der Waals surface area contributed by atoms with E-state index in [9.17, 15) is 4.79 Å². The van der Waals surface area contributed by atoms with Gasteiger partial charge in [-0.05, 0) is 32.6 Å². The molecule has 88 valence electrons. The zero-order chi connectivity index (χ0) is 12.1. The lowest BCUT2D eigenvalue weighted by Crippen LogP contribution is -2.38. The van der Waals surface area contributed by atoms with Crippen molar-refractivity contribution in [1.82, 2.24) is 0 Å². The normalized spacial score (nSPS) is 13.4. The molecule has 0 spiro atoms. The van der Waals surface area contributed by atoms with Gasteiger partial charge in [0.25, 0.3) is 0 Å². The van der Waals surface area contributed by atoms with Crippen LogP contribution >= 0.6 is 0 Å². The van der Waals surface area contributed by atoms with Crippen molar-refractivity contribution in [1.29, 1.82) is 0 Å². The molecule has 0 aliphatic carbocycles. The van der Waals surface area contributed by atoms with E-state index < -0.39 is 17.6 Å². The van der Waals surface area contributed by atoms with Crippen molar-refractivity contribution in [2.75, 3.05) is 0 Å². The van der Waals surface area contributed by atoms with Crippen molar-refractivity contribution in [2.24, 2.45) is 0 Å². The third-order valence-electron chi connectivity index (χ3n) is 1.60. The van der Waals surface area contributed by atoms with Crippen LogP contribution in [0.5, 0.6) is 0 Å². The van der Waals surface area contributed by atoms with Crippen LogP contribution in [-0.4, -0.2) is 23.6 Å². The van der Waals surface area contributed by atoms with E-state index in [0.717, 1.165) is 12.5 Å². The second-order valence-corrected chi connectivity index (χ2v) is 11.5. The predicted octanol–water partition coefficient (Wildman–Crippen LogP) is 2.59. The van der Waals surface area contributed by atoms with Gasteiger partial charge in [-0.15, -0.1) is 0 Å². The highest BCUT2D eigenvalue weighted by Gasteiger charge is 2.25. The largest absolute Gasteiger partial charge is 0.494 e. The molecular weight excluding hydrogens is 224 g/mol. The highest BCUT2D eigenvalue weighted by Crippen LogP contribution is 2.11. The number of rotatable bonds is 6. The molecule has 1 unspecified atom stereocenters. The van der Waals surface area contributed by atoms with Crippen LogP contribution in [0.1, 0.15) is 20.3 Å². The fraction of sp³-hybridized carbons (Fsp3) is 0.700. The molecule has 0 radical (unpaired) electrons. The number of carbonyl (C=O) groups excluding carboxylic acids is 1. The second kappa shape index (κ2) is 6.24. The van der Waals surface area contributed by atoms with Crippen molar-refractivity contribution < 1.29 is 13.3 Å². The molecular formula is C10H22O3Si2. The second-order valence-electron chi connectivity index (χ2n) is 4.63. The van der Waals surface area contributed by atoms with Crippen molar-refractivity contribution in [2.45, 2.75) is 46.0 Å². The molecule has 15 heavy (non-hydrogen) atoms. The highest BCUT2D eigenvalue weighted by atomic mass is 28.4. The van der Waals surface area contributed by atoms with Crippen molar-refractivity contribution in [3.63, 3.8) is 0 Å². The maximum atomic E-state index is 11.4. The monoisotopic (exact) mass is 246 g/mol. The molecule has 0 fully saturated rings. The number of hydrogen-bond acceptors (Lipinski definition) is 3. The first kappa shape index (κ1) is 14.6. The van der Waals surface area contributed by atoms with Gasteiger partial charge in [0.2, 0.25) is 0 Å². The van der Waals surface area contributed by atoms with Gasteiger partial charge in [-0.25, -0.2) is 4.79 Å². The lowest BCUT2D eigenvalue weighted by molar-refractivity contribution is -0.131. The Morgan fingerprint density at radius 3 is 2.27 bits per heavy atom. The van der Waals surface area contributed by atoms with Gasteiger partial charge in [-0.3, -0.25) is 0 Å². The average Bonchev–Trinajstić information content (AvgIpc) is 2.00. The van der Waals surface area contributed by atoms with Crippen LogP contribution in [0.2, 0.25) is 25.7 Å². The SMILES string of the molecule is C=C(C)C(=O)O[SiH](CCC)O[Si](C)(C)C. The first-order valence-corrected chi connectivity index (χ1v) is 10.5. The van der Waals surface area contributed by atoms with E-state index in [-0.39, 0.29) is 5.97 Å². The summed E-state index contributed by atoms with van der Waals surface area (Å²) >= 11 is 0. The Morgan fingerprint density at radius 2 is 1.93 bits per heavy atom. The predicted molar refractivity (Wildman–Crippen MR) is 67.6 cm³/mol. The molecule has 0 aromatic rings. The first-order chi connectivity index (χ1) is 6.76. The van der Waals surface area contributed by atoms with Crippen LogP contribution in [0.3, 0.4) is 0 Å². The number of carbonyl (C=O) groups is 1. The van der Waals surface area contributed by atoms with E-state index >= 15 is 0 Å². The fourth-order valence-electron chi connectivity index (χ4n) is 0.992. The third-order valence-corrected chi connectivity index (χ3v) is 7.00. The van der Waals surface area contributed by atoms with Crippen LogP contribution < -0.4 is 0 Å². The summed E-state index contributed by atoms with van der Waals surface area (Å²) in [5, 5.41) is 0. The Hall–Kier alpha value is -0.396. The van der Waals surface area contributed by atoms with Crippen LogP contribution in [0.4, 0.5) is 0 Å². The molecule has 0 aliphatic rings. The summed E-state index contributed by atoms with van der Waals surface area (Å²) in [5.74, 6) is -0.307. The minimum atomic E-state index is -1.82. The molecule has 0 saturated heterocycles. The Kier molecular flexibility index (Phi) is 6.08. The highest BCUT2D eigenvalue weighted by molar-refractivity contribution is 6.76. The van der Waals surface area contributed by atoms with Crippen molar-refractivity contribution >= 4 is 23.6 Å². The summed E-state index contributed by atoms with van der Waals surface area (Å²) in [4.78, 5) is 11.4. The average molecular weight is 246 g/mol. The molecule has 5 heteroatoms. The summed E-state index contributed by atoms with van der Waals surface area (Å²) in [5.41, 5.74) is 0.447. The Balaban J connectivity index is 4.28. The Labute approximate surface area is 95.5 Å². The molecule has 0 saturated carbocycles. The van der Waals surface area contributed by atoms with Crippen LogP contribution in [-0.2, 0) is 13.3 Å². The molecule has 0 aliphatic heterocycles. The van der Waals surface area contributed by atoms with Gasteiger partial charge in [0.1, 0.15) is 0 Å². The van der Waals surface area contributed by atoms with E-state index in [4.69, 9.17) is 8.54 Å². The van der Waals surface area contributed by atoms with Gasteiger partial charge >= 0.3 is 15.3 Å². The van der Waals surface area contributed by atoms with Gasteiger partial charge < -0.3 is 8.54 Å². The van der Waals surface area contributed by atoms with Crippen LogP contribution in [0.25, 0.3) is 0 Å².